The van der Waals surface area contributed by atoms with E-state index < -0.39 is 0 Å². The van der Waals surface area contributed by atoms with Crippen molar-refractivity contribution in [3.8, 4) is 0 Å². The molecule has 1 unspecified atom stereocenters. The maximum absolute atomic E-state index is 12.8. The molecule has 4 heteroatoms. The van der Waals surface area contributed by atoms with E-state index >= 15 is 0 Å². The van der Waals surface area contributed by atoms with E-state index in [1.54, 1.807) is 0 Å². The number of nitrogens with zero attached hydrogens (tertiary/aromatic N) is 2. The Morgan fingerprint density at radius 3 is 2.65 bits per heavy atom. The highest BCUT2D eigenvalue weighted by molar-refractivity contribution is 5.89. The van der Waals surface area contributed by atoms with E-state index in [-0.39, 0.29) is 12.1 Å². The second kappa shape index (κ2) is 6.11. The Hall–Kier alpha value is -2.23. The molecule has 0 radical (unpaired) electrons. The van der Waals surface area contributed by atoms with Crippen molar-refractivity contribution in [1.29, 1.82) is 0 Å². The van der Waals surface area contributed by atoms with Crippen LogP contribution in [0, 0.1) is 19.8 Å². The van der Waals surface area contributed by atoms with Gasteiger partial charge >= 0.3 is 6.03 Å². The summed E-state index contributed by atoms with van der Waals surface area (Å²) in [5.41, 5.74) is 4.51. The number of hydrogen-bond acceptors (Lipinski definition) is 1. The summed E-state index contributed by atoms with van der Waals surface area (Å²) in [7, 11) is 0. The monoisotopic (exact) mass is 311 g/mol. The maximum Gasteiger partial charge on any atom is 0.322 e. The zero-order valence-electron chi connectivity index (χ0n) is 14.3. The quantitative estimate of drug-likeness (QED) is 0.879. The van der Waals surface area contributed by atoms with Crippen molar-refractivity contribution in [1.82, 2.24) is 9.47 Å². The van der Waals surface area contributed by atoms with Crippen molar-refractivity contribution in [2.75, 3.05) is 11.9 Å². The summed E-state index contributed by atoms with van der Waals surface area (Å²) in [6.45, 7) is 10.1. The van der Waals surface area contributed by atoms with Crippen LogP contribution in [0.25, 0.3) is 0 Å². The lowest BCUT2D eigenvalue weighted by Crippen LogP contribution is -2.45. The molecule has 1 N–H and O–H groups in total. The van der Waals surface area contributed by atoms with Gasteiger partial charge in [-0.3, -0.25) is 0 Å². The number of anilines is 1. The molecule has 1 aliphatic heterocycles. The second-order valence-corrected chi connectivity index (χ2v) is 6.74. The van der Waals surface area contributed by atoms with E-state index in [2.05, 4.69) is 55.9 Å². The van der Waals surface area contributed by atoms with Crippen LogP contribution in [0.15, 0.2) is 36.5 Å². The molecule has 2 aromatic rings. The number of aryl methyl sites for hydroxylation is 2. The number of fused-ring (bicyclic) bond motifs is 1. The number of hydrogen-bond donors (Lipinski definition) is 1. The van der Waals surface area contributed by atoms with Crippen LogP contribution in [0.5, 0.6) is 0 Å². The van der Waals surface area contributed by atoms with Gasteiger partial charge in [0.1, 0.15) is 0 Å². The molecule has 0 saturated heterocycles. The SMILES string of the molecule is Cc1ccc(NC(=O)N2CCn3cccc3C2C(C)C)cc1C. The molecule has 0 bridgehead atoms. The number of nitrogens with one attached hydrogen (secondary N) is 1. The predicted molar refractivity (Wildman–Crippen MR) is 93.7 cm³/mol. The fraction of sp³-hybridized carbons (Fsp3) is 0.421. The van der Waals surface area contributed by atoms with Gasteiger partial charge in [-0.05, 0) is 55.2 Å². The van der Waals surface area contributed by atoms with Crippen molar-refractivity contribution in [3.05, 3.63) is 53.3 Å². The molecular formula is C19H25N3O. The van der Waals surface area contributed by atoms with E-state index in [4.69, 9.17) is 0 Å². The highest BCUT2D eigenvalue weighted by atomic mass is 16.2. The van der Waals surface area contributed by atoms with Crippen molar-refractivity contribution in [2.45, 2.75) is 40.3 Å². The number of urea groups is 1. The average molecular weight is 311 g/mol. The molecule has 1 aliphatic rings. The van der Waals surface area contributed by atoms with Gasteiger partial charge in [-0.2, -0.15) is 0 Å². The fourth-order valence-electron chi connectivity index (χ4n) is 3.36. The van der Waals surface area contributed by atoms with Crippen molar-refractivity contribution < 1.29 is 4.79 Å². The van der Waals surface area contributed by atoms with E-state index in [9.17, 15) is 4.79 Å². The minimum Gasteiger partial charge on any atom is -0.348 e. The summed E-state index contributed by atoms with van der Waals surface area (Å²) in [5, 5.41) is 3.07. The Morgan fingerprint density at radius 2 is 1.96 bits per heavy atom. The number of rotatable bonds is 2. The van der Waals surface area contributed by atoms with Gasteiger partial charge in [0, 0.05) is 30.7 Å². The molecule has 1 aromatic carbocycles. The molecule has 0 aliphatic carbocycles. The van der Waals surface area contributed by atoms with Crippen molar-refractivity contribution in [2.24, 2.45) is 5.92 Å². The van der Waals surface area contributed by atoms with Crippen LogP contribution in [0.3, 0.4) is 0 Å². The Kier molecular flexibility index (Phi) is 4.16. The molecule has 1 atom stereocenters. The lowest BCUT2D eigenvalue weighted by molar-refractivity contribution is 0.144. The van der Waals surface area contributed by atoms with Crippen LogP contribution in [0.4, 0.5) is 10.5 Å². The third-order valence-electron chi connectivity index (χ3n) is 4.74. The van der Waals surface area contributed by atoms with Crippen LogP contribution in [0.2, 0.25) is 0 Å². The number of amides is 2. The summed E-state index contributed by atoms with van der Waals surface area (Å²) in [4.78, 5) is 14.8. The fourth-order valence-corrected chi connectivity index (χ4v) is 3.36. The first-order chi connectivity index (χ1) is 11.0. The van der Waals surface area contributed by atoms with Crippen LogP contribution in [-0.2, 0) is 6.54 Å². The molecule has 0 spiro atoms. The van der Waals surface area contributed by atoms with Gasteiger partial charge in [0.15, 0.2) is 0 Å². The van der Waals surface area contributed by atoms with Gasteiger partial charge < -0.3 is 14.8 Å². The summed E-state index contributed by atoms with van der Waals surface area (Å²) in [5.74, 6) is 0.370. The molecule has 3 rings (SSSR count). The highest BCUT2D eigenvalue weighted by Crippen LogP contribution is 2.32. The Balaban J connectivity index is 1.82. The molecule has 4 nitrogen and oxygen atoms in total. The van der Waals surface area contributed by atoms with Crippen LogP contribution >= 0.6 is 0 Å². The lowest BCUT2D eigenvalue weighted by atomic mass is 9.97. The van der Waals surface area contributed by atoms with Gasteiger partial charge in [-0.1, -0.05) is 19.9 Å². The molecule has 2 amide bonds. The van der Waals surface area contributed by atoms with Gasteiger partial charge in [0.05, 0.1) is 6.04 Å². The summed E-state index contributed by atoms with van der Waals surface area (Å²) < 4.78 is 2.25. The highest BCUT2D eigenvalue weighted by Gasteiger charge is 2.32. The largest absolute Gasteiger partial charge is 0.348 e. The number of carbonyl (C=O) groups excluding carboxylic acids is 1. The van der Waals surface area contributed by atoms with Crippen molar-refractivity contribution in [3.63, 3.8) is 0 Å². The average Bonchev–Trinajstić information content (AvgIpc) is 2.98. The first kappa shape index (κ1) is 15.7. The molecule has 2 heterocycles. The molecular weight excluding hydrogens is 286 g/mol. The Morgan fingerprint density at radius 1 is 1.17 bits per heavy atom. The summed E-state index contributed by atoms with van der Waals surface area (Å²) in [6, 6.07) is 10.3. The summed E-state index contributed by atoms with van der Waals surface area (Å²) in [6.07, 6.45) is 2.10. The lowest BCUT2D eigenvalue weighted by Gasteiger charge is -2.39. The number of carbonyl (C=O) groups is 1. The zero-order chi connectivity index (χ0) is 16.6. The van der Waals surface area contributed by atoms with E-state index in [0.29, 0.717) is 5.92 Å². The molecule has 122 valence electrons. The molecule has 1 aromatic heterocycles. The number of benzene rings is 1. The van der Waals surface area contributed by atoms with Gasteiger partial charge in [0.2, 0.25) is 0 Å². The molecule has 0 saturated carbocycles. The van der Waals surface area contributed by atoms with E-state index in [1.165, 1.54) is 16.8 Å². The minimum atomic E-state index is -0.0144. The normalized spacial score (nSPS) is 17.3. The maximum atomic E-state index is 12.8. The van der Waals surface area contributed by atoms with Crippen LogP contribution < -0.4 is 5.32 Å². The third-order valence-corrected chi connectivity index (χ3v) is 4.74. The Labute approximate surface area is 138 Å². The standard InChI is InChI=1S/C19H25N3O/c1-13(2)18-17-6-5-9-21(17)10-11-22(18)19(23)20-16-8-7-14(3)15(4)12-16/h5-9,12-13,18H,10-11H2,1-4H3,(H,20,23). The topological polar surface area (TPSA) is 37.3 Å². The first-order valence-electron chi connectivity index (χ1n) is 8.27. The predicted octanol–water partition coefficient (Wildman–Crippen LogP) is 4.35. The second-order valence-electron chi connectivity index (χ2n) is 6.74. The van der Waals surface area contributed by atoms with E-state index in [0.717, 1.165) is 18.8 Å². The first-order valence-corrected chi connectivity index (χ1v) is 8.27. The van der Waals surface area contributed by atoms with Gasteiger partial charge in [-0.25, -0.2) is 4.79 Å². The zero-order valence-corrected chi connectivity index (χ0v) is 14.3. The van der Waals surface area contributed by atoms with Crippen LogP contribution in [0.1, 0.15) is 36.7 Å². The third kappa shape index (κ3) is 2.98. The molecule has 23 heavy (non-hydrogen) atoms. The van der Waals surface area contributed by atoms with E-state index in [1.807, 2.05) is 23.1 Å². The summed E-state index contributed by atoms with van der Waals surface area (Å²) >= 11 is 0. The van der Waals surface area contributed by atoms with Gasteiger partial charge in [-0.15, -0.1) is 0 Å². The molecule has 0 fully saturated rings. The minimum absolute atomic E-state index is 0.0144. The Bertz CT molecular complexity index is 717. The van der Waals surface area contributed by atoms with Crippen molar-refractivity contribution >= 4 is 11.7 Å². The van der Waals surface area contributed by atoms with Gasteiger partial charge in [0.25, 0.3) is 0 Å². The van der Waals surface area contributed by atoms with Crippen LogP contribution in [-0.4, -0.2) is 22.0 Å². The number of aromatic nitrogens is 1. The smallest absolute Gasteiger partial charge is 0.322 e.